The van der Waals surface area contributed by atoms with E-state index in [1.807, 2.05) is 89.1 Å². The average molecular weight is 533 g/mol. The molecule has 1 aliphatic heterocycles. The number of carbonyl (C=O) groups is 1. The maximum atomic E-state index is 13.0. The van der Waals surface area contributed by atoms with Crippen LogP contribution in [0.2, 0.25) is 0 Å². The van der Waals surface area contributed by atoms with Gasteiger partial charge >= 0.3 is 6.03 Å². The number of aliphatic imine (C=N–C) groups is 1. The number of para-hydroxylation sites is 3. The van der Waals surface area contributed by atoms with E-state index >= 15 is 0 Å². The molecule has 2 amide bonds. The van der Waals surface area contributed by atoms with Gasteiger partial charge in [0.05, 0.1) is 21.9 Å². The molecule has 4 aromatic rings. The van der Waals surface area contributed by atoms with E-state index in [0.29, 0.717) is 18.9 Å². The molecule has 0 unspecified atom stereocenters. The molecule has 0 bridgehead atoms. The Bertz CT molecular complexity index is 1320. The maximum Gasteiger partial charge on any atom is 0.322 e. The third kappa shape index (κ3) is 6.61. The van der Waals surface area contributed by atoms with Gasteiger partial charge in [0.15, 0.2) is 0 Å². The number of urea groups is 1. The number of nitrogens with one attached hydrogen (secondary N) is 2. The Morgan fingerprint density at radius 3 is 2.16 bits per heavy atom. The van der Waals surface area contributed by atoms with Crippen LogP contribution in [0.4, 0.5) is 33.2 Å². The van der Waals surface area contributed by atoms with Crippen molar-refractivity contribution in [2.75, 3.05) is 41.7 Å². The van der Waals surface area contributed by atoms with Crippen molar-refractivity contribution >= 4 is 64.0 Å². The third-order valence-corrected chi connectivity index (χ3v) is 6.92. The van der Waals surface area contributed by atoms with Crippen LogP contribution < -0.4 is 21.3 Å². The van der Waals surface area contributed by atoms with Crippen LogP contribution in [0, 0.1) is 0 Å². The van der Waals surface area contributed by atoms with Gasteiger partial charge in [-0.3, -0.25) is 0 Å². The zero-order chi connectivity index (χ0) is 24.7. The number of hydrogen-bond donors (Lipinski definition) is 3. The number of anilines is 4. The van der Waals surface area contributed by atoms with Crippen molar-refractivity contribution < 1.29 is 4.79 Å². The van der Waals surface area contributed by atoms with Gasteiger partial charge in [-0.1, -0.05) is 36.4 Å². The highest BCUT2D eigenvalue weighted by molar-refractivity contribution is 7.12. The van der Waals surface area contributed by atoms with Crippen LogP contribution in [0.15, 0.2) is 101 Å². The number of amidine groups is 1. The van der Waals surface area contributed by atoms with Gasteiger partial charge in [0, 0.05) is 37.6 Å². The highest BCUT2D eigenvalue weighted by Crippen LogP contribution is 2.26. The molecular formula is C28H29ClN6OS. The lowest BCUT2D eigenvalue weighted by molar-refractivity contribution is 0.208. The summed E-state index contributed by atoms with van der Waals surface area (Å²) >= 11 is 1.58. The van der Waals surface area contributed by atoms with Crippen molar-refractivity contribution in [2.24, 2.45) is 10.7 Å². The highest BCUT2D eigenvalue weighted by atomic mass is 35.5. The summed E-state index contributed by atoms with van der Waals surface area (Å²) in [5.74, 6) is 0.526. The maximum absolute atomic E-state index is 13.0. The summed E-state index contributed by atoms with van der Waals surface area (Å²) in [5, 5.41) is 8.44. The summed E-state index contributed by atoms with van der Waals surface area (Å²) < 4.78 is 0. The molecule has 0 saturated carbocycles. The molecule has 0 spiro atoms. The van der Waals surface area contributed by atoms with Crippen molar-refractivity contribution in [1.29, 1.82) is 0 Å². The summed E-state index contributed by atoms with van der Waals surface area (Å²) in [6, 6.07) is 29.6. The molecule has 5 rings (SSSR count). The van der Waals surface area contributed by atoms with Gasteiger partial charge < -0.3 is 26.2 Å². The quantitative estimate of drug-likeness (QED) is 0.201. The van der Waals surface area contributed by atoms with Crippen molar-refractivity contribution in [2.45, 2.75) is 0 Å². The lowest BCUT2D eigenvalue weighted by Crippen LogP contribution is -2.50. The minimum Gasteiger partial charge on any atom is -0.383 e. The van der Waals surface area contributed by atoms with Crippen LogP contribution in [0.5, 0.6) is 0 Å². The smallest absolute Gasteiger partial charge is 0.322 e. The monoisotopic (exact) mass is 532 g/mol. The lowest BCUT2D eigenvalue weighted by Gasteiger charge is -2.36. The van der Waals surface area contributed by atoms with Crippen LogP contribution >= 0.6 is 23.7 Å². The average Bonchev–Trinajstić information content (AvgIpc) is 3.46. The van der Waals surface area contributed by atoms with Crippen molar-refractivity contribution in [3.05, 3.63) is 101 Å². The second-order valence-electron chi connectivity index (χ2n) is 8.43. The van der Waals surface area contributed by atoms with Crippen LogP contribution in [-0.4, -0.2) is 42.9 Å². The van der Waals surface area contributed by atoms with Crippen LogP contribution in [0.25, 0.3) is 0 Å². The fraction of sp³-hybridized carbons (Fsp3) is 0.143. The number of hydrogen-bond acceptors (Lipinski definition) is 5. The number of thiophene rings is 1. The molecule has 1 aromatic heterocycles. The Labute approximate surface area is 227 Å². The van der Waals surface area contributed by atoms with Gasteiger partial charge in [-0.2, -0.15) is 0 Å². The predicted octanol–water partition coefficient (Wildman–Crippen LogP) is 6.30. The van der Waals surface area contributed by atoms with Crippen molar-refractivity contribution in [3.63, 3.8) is 0 Å². The zero-order valence-electron chi connectivity index (χ0n) is 20.2. The van der Waals surface area contributed by atoms with Gasteiger partial charge in [0.2, 0.25) is 0 Å². The van der Waals surface area contributed by atoms with E-state index in [4.69, 9.17) is 5.73 Å². The number of carbonyl (C=O) groups excluding carboxylic acids is 1. The number of nitrogens with two attached hydrogens (primary N) is 1. The normalized spacial score (nSPS) is 13.6. The summed E-state index contributed by atoms with van der Waals surface area (Å²) in [6.07, 6.45) is 0. The molecule has 4 N–H and O–H groups in total. The molecule has 0 aliphatic carbocycles. The van der Waals surface area contributed by atoms with Gasteiger partial charge in [-0.15, -0.1) is 23.7 Å². The molecule has 1 saturated heterocycles. The summed E-state index contributed by atoms with van der Waals surface area (Å²) in [7, 11) is 0. The highest BCUT2D eigenvalue weighted by Gasteiger charge is 2.22. The van der Waals surface area contributed by atoms with E-state index in [2.05, 4.69) is 32.7 Å². The molecule has 37 heavy (non-hydrogen) atoms. The molecule has 7 nitrogen and oxygen atoms in total. The van der Waals surface area contributed by atoms with Crippen LogP contribution in [0.1, 0.15) is 4.88 Å². The van der Waals surface area contributed by atoms with E-state index in [9.17, 15) is 4.79 Å². The Kier molecular flexibility index (Phi) is 8.66. The second-order valence-corrected chi connectivity index (χ2v) is 9.38. The Hall–Kier alpha value is -4.01. The summed E-state index contributed by atoms with van der Waals surface area (Å²) in [6.45, 7) is 2.81. The number of rotatable bonds is 6. The van der Waals surface area contributed by atoms with E-state index in [1.165, 1.54) is 0 Å². The number of halogens is 1. The first-order chi connectivity index (χ1) is 17.7. The molecule has 1 fully saturated rings. The zero-order valence-corrected chi connectivity index (χ0v) is 21.8. The van der Waals surface area contributed by atoms with E-state index in [-0.39, 0.29) is 18.4 Å². The predicted molar refractivity (Wildman–Crippen MR) is 157 cm³/mol. The molecular weight excluding hydrogens is 504 g/mol. The number of benzene rings is 3. The largest absolute Gasteiger partial charge is 0.383 e. The molecule has 2 heterocycles. The minimum absolute atomic E-state index is 0. The van der Waals surface area contributed by atoms with Gasteiger partial charge in [0.25, 0.3) is 0 Å². The van der Waals surface area contributed by atoms with Gasteiger partial charge in [0.1, 0.15) is 5.84 Å². The topological polar surface area (TPSA) is 86.0 Å². The fourth-order valence-electron chi connectivity index (χ4n) is 4.10. The number of amides is 2. The SMILES string of the molecule is Cl.NC(=Nc1ccc(N2CCN(C(=O)Nc3ccccc3Nc3ccccc3)CC2)cc1)c1cccs1. The summed E-state index contributed by atoms with van der Waals surface area (Å²) in [4.78, 5) is 22.6. The second kappa shape index (κ2) is 12.3. The molecule has 3 aromatic carbocycles. The van der Waals surface area contributed by atoms with E-state index < -0.39 is 0 Å². The molecule has 190 valence electrons. The van der Waals surface area contributed by atoms with E-state index in [1.54, 1.807) is 11.3 Å². The first kappa shape index (κ1) is 26.1. The standard InChI is InChI=1S/C28H28N6OS.ClH/c29-27(26-11-6-20-36-26)31-22-12-14-23(15-13-22)33-16-18-34(19-17-33)28(35)32-25-10-5-4-9-24(25)30-21-7-2-1-3-8-21;/h1-15,20,30H,16-19H2,(H2,29,31)(H,32,35);1H. The molecule has 0 atom stereocenters. The lowest BCUT2D eigenvalue weighted by atomic mass is 10.2. The first-order valence-electron chi connectivity index (χ1n) is 11.9. The van der Waals surface area contributed by atoms with E-state index in [0.717, 1.165) is 46.4 Å². The van der Waals surface area contributed by atoms with Crippen LogP contribution in [0.3, 0.4) is 0 Å². The van der Waals surface area contributed by atoms with Crippen LogP contribution in [-0.2, 0) is 0 Å². The summed E-state index contributed by atoms with van der Waals surface area (Å²) in [5.41, 5.74) is 10.6. The number of nitrogens with zero attached hydrogens (tertiary/aromatic N) is 3. The minimum atomic E-state index is -0.0919. The molecule has 0 radical (unpaired) electrons. The number of piperazine rings is 1. The molecule has 1 aliphatic rings. The Morgan fingerprint density at radius 2 is 1.49 bits per heavy atom. The van der Waals surface area contributed by atoms with Gasteiger partial charge in [-0.05, 0) is 60.0 Å². The fourth-order valence-corrected chi connectivity index (χ4v) is 4.72. The Balaban J connectivity index is 0.00000320. The van der Waals surface area contributed by atoms with Gasteiger partial charge in [-0.25, -0.2) is 9.79 Å². The first-order valence-corrected chi connectivity index (χ1v) is 12.7. The molecule has 9 heteroatoms. The Morgan fingerprint density at radius 1 is 0.811 bits per heavy atom. The van der Waals surface area contributed by atoms with Crippen molar-refractivity contribution in [1.82, 2.24) is 4.90 Å². The van der Waals surface area contributed by atoms with Crippen molar-refractivity contribution in [3.8, 4) is 0 Å². The third-order valence-electron chi connectivity index (χ3n) is 6.03.